The van der Waals surface area contributed by atoms with E-state index in [9.17, 15) is 13.2 Å². The zero-order valence-corrected chi connectivity index (χ0v) is 21.0. The average molecular weight is 500 g/mol. The lowest BCUT2D eigenvalue weighted by molar-refractivity contribution is -0.140. The summed E-state index contributed by atoms with van der Waals surface area (Å²) in [6.07, 6.45) is 3.17. The normalized spacial score (nSPS) is 12.3. The molecule has 3 aromatic carbocycles. The van der Waals surface area contributed by atoms with Gasteiger partial charge in [-0.1, -0.05) is 65.7 Å². The predicted molar refractivity (Wildman–Crippen MR) is 135 cm³/mol. The minimum atomic E-state index is -3.73. The van der Waals surface area contributed by atoms with Gasteiger partial charge in [0.25, 0.3) is 0 Å². The molecule has 0 aliphatic heterocycles. The first-order valence-electron chi connectivity index (χ1n) is 11.3. The molecule has 0 saturated carbocycles. The van der Waals surface area contributed by atoms with Crippen LogP contribution in [0.25, 0.3) is 0 Å². The van der Waals surface area contributed by atoms with Gasteiger partial charge in [-0.15, -0.1) is 0 Å². The fourth-order valence-corrected chi connectivity index (χ4v) is 5.18. The number of esters is 1. The van der Waals surface area contributed by atoms with Gasteiger partial charge in [0.15, 0.2) is 0 Å². The summed E-state index contributed by atoms with van der Waals surface area (Å²) in [7, 11) is -2.35. The number of sulfonamides is 1. The van der Waals surface area contributed by atoms with Gasteiger partial charge >= 0.3 is 5.97 Å². The van der Waals surface area contributed by atoms with E-state index in [1.54, 1.807) is 12.1 Å². The molecule has 0 heterocycles. The lowest BCUT2D eigenvalue weighted by Crippen LogP contribution is -2.29. The van der Waals surface area contributed by atoms with Crippen LogP contribution in [0, 0.1) is 6.92 Å². The number of hydrogen-bond donors (Lipinski definition) is 1. The molecule has 0 saturated heterocycles. The van der Waals surface area contributed by atoms with Crippen LogP contribution in [0.3, 0.4) is 0 Å². The zero-order chi connectivity index (χ0) is 24.6. The summed E-state index contributed by atoms with van der Waals surface area (Å²) >= 11 is 5.93. The predicted octanol–water partition coefficient (Wildman–Crippen LogP) is 5.80. The molecule has 0 aromatic heterocycles. The molecule has 0 spiro atoms. The number of aryl methyl sites for hydroxylation is 3. The number of ether oxygens (including phenoxy) is 1. The Kier molecular flexibility index (Phi) is 9.28. The fraction of sp³-hybridized carbons (Fsp3) is 0.296. The number of carbonyl (C=O) groups excluding carboxylic acids is 1. The number of methoxy groups -OCH3 is 1. The van der Waals surface area contributed by atoms with Crippen LogP contribution in [0.5, 0.6) is 0 Å². The van der Waals surface area contributed by atoms with E-state index in [-0.39, 0.29) is 10.9 Å². The van der Waals surface area contributed by atoms with E-state index >= 15 is 0 Å². The summed E-state index contributed by atoms with van der Waals surface area (Å²) in [5, 5.41) is 0.484. The number of benzene rings is 3. The molecular weight excluding hydrogens is 470 g/mol. The van der Waals surface area contributed by atoms with Crippen LogP contribution >= 0.6 is 11.6 Å². The average Bonchev–Trinajstić information content (AvgIpc) is 2.82. The van der Waals surface area contributed by atoms with E-state index in [2.05, 4.69) is 21.6 Å². The van der Waals surface area contributed by atoms with Crippen LogP contribution in [-0.2, 0) is 32.4 Å². The highest BCUT2D eigenvalue weighted by molar-refractivity contribution is 7.89. The van der Waals surface area contributed by atoms with Crippen LogP contribution in [0.15, 0.2) is 77.7 Å². The zero-order valence-electron chi connectivity index (χ0n) is 19.5. The summed E-state index contributed by atoms with van der Waals surface area (Å²) in [5.74, 6) is -0.218. The van der Waals surface area contributed by atoms with Crippen LogP contribution in [0.1, 0.15) is 47.6 Å². The van der Waals surface area contributed by atoms with Crippen molar-refractivity contribution in [3.05, 3.63) is 100 Å². The standard InChI is InChI=1S/C27H30ClNO4S/c1-20-5-3-7-22(19-20)11-18-26(29-34(31,32)25-16-14-24(28)15-17-25)23-12-9-21(10-13-23)6-4-8-27(30)33-2/h3,5,7,9-10,12-17,19,26,29H,4,6,8,11,18H2,1-2H3. The van der Waals surface area contributed by atoms with Gasteiger partial charge in [-0.3, -0.25) is 4.79 Å². The molecule has 0 aliphatic rings. The Morgan fingerprint density at radius 2 is 1.68 bits per heavy atom. The highest BCUT2D eigenvalue weighted by atomic mass is 35.5. The molecule has 1 N–H and O–H groups in total. The van der Waals surface area contributed by atoms with Crippen molar-refractivity contribution in [2.45, 2.75) is 50.0 Å². The third kappa shape index (κ3) is 7.69. The molecule has 0 radical (unpaired) electrons. The molecule has 0 aliphatic carbocycles. The smallest absolute Gasteiger partial charge is 0.305 e. The summed E-state index contributed by atoms with van der Waals surface area (Å²) in [4.78, 5) is 11.5. The van der Waals surface area contributed by atoms with E-state index in [1.165, 1.54) is 24.8 Å². The van der Waals surface area contributed by atoms with Crippen molar-refractivity contribution in [3.8, 4) is 0 Å². The Hall–Kier alpha value is -2.67. The van der Waals surface area contributed by atoms with Crippen molar-refractivity contribution in [2.75, 3.05) is 7.11 Å². The second-order valence-electron chi connectivity index (χ2n) is 8.33. The number of carbonyl (C=O) groups is 1. The number of nitrogens with one attached hydrogen (secondary N) is 1. The molecule has 0 bridgehead atoms. The first-order valence-corrected chi connectivity index (χ1v) is 13.1. The van der Waals surface area contributed by atoms with Crippen LogP contribution in [-0.4, -0.2) is 21.5 Å². The van der Waals surface area contributed by atoms with Crippen molar-refractivity contribution >= 4 is 27.6 Å². The van der Waals surface area contributed by atoms with Crippen molar-refractivity contribution in [3.63, 3.8) is 0 Å². The Labute approximate surface area is 207 Å². The molecule has 0 fully saturated rings. The van der Waals surface area contributed by atoms with Crippen molar-refractivity contribution in [2.24, 2.45) is 0 Å². The minimum absolute atomic E-state index is 0.178. The van der Waals surface area contributed by atoms with E-state index in [0.717, 1.165) is 29.5 Å². The quantitative estimate of drug-likeness (QED) is 0.338. The second kappa shape index (κ2) is 12.2. The van der Waals surface area contributed by atoms with Crippen molar-refractivity contribution in [1.29, 1.82) is 0 Å². The Balaban J connectivity index is 1.77. The van der Waals surface area contributed by atoms with Gasteiger partial charge in [-0.2, -0.15) is 0 Å². The van der Waals surface area contributed by atoms with Gasteiger partial charge in [-0.05, 0) is 73.6 Å². The largest absolute Gasteiger partial charge is 0.469 e. The number of rotatable bonds is 11. The molecule has 1 atom stereocenters. The highest BCUT2D eigenvalue weighted by Crippen LogP contribution is 2.24. The topological polar surface area (TPSA) is 72.5 Å². The molecular formula is C27H30ClNO4S. The molecule has 0 amide bonds. The van der Waals surface area contributed by atoms with Gasteiger partial charge in [-0.25, -0.2) is 13.1 Å². The van der Waals surface area contributed by atoms with Gasteiger partial charge < -0.3 is 4.74 Å². The maximum Gasteiger partial charge on any atom is 0.305 e. The molecule has 1 unspecified atom stereocenters. The Bertz CT molecular complexity index is 1190. The lowest BCUT2D eigenvalue weighted by Gasteiger charge is -2.20. The van der Waals surface area contributed by atoms with Gasteiger partial charge in [0.1, 0.15) is 0 Å². The number of hydrogen-bond acceptors (Lipinski definition) is 4. The fourth-order valence-electron chi connectivity index (χ4n) is 3.80. The second-order valence-corrected chi connectivity index (χ2v) is 10.5. The van der Waals surface area contributed by atoms with E-state index in [0.29, 0.717) is 24.3 Å². The molecule has 7 heteroatoms. The third-order valence-electron chi connectivity index (χ3n) is 5.68. The summed E-state index contributed by atoms with van der Waals surface area (Å²) in [6.45, 7) is 2.04. The lowest BCUT2D eigenvalue weighted by atomic mass is 9.97. The van der Waals surface area contributed by atoms with E-state index < -0.39 is 16.1 Å². The van der Waals surface area contributed by atoms with Crippen molar-refractivity contribution < 1.29 is 17.9 Å². The Morgan fingerprint density at radius 3 is 2.32 bits per heavy atom. The molecule has 3 rings (SSSR count). The van der Waals surface area contributed by atoms with E-state index in [4.69, 9.17) is 11.6 Å². The molecule has 34 heavy (non-hydrogen) atoms. The maximum atomic E-state index is 13.1. The van der Waals surface area contributed by atoms with Crippen molar-refractivity contribution in [1.82, 2.24) is 4.72 Å². The first kappa shape index (κ1) is 25.9. The molecule has 5 nitrogen and oxygen atoms in total. The third-order valence-corrected chi connectivity index (χ3v) is 7.42. The molecule has 180 valence electrons. The van der Waals surface area contributed by atoms with Gasteiger partial charge in [0, 0.05) is 17.5 Å². The van der Waals surface area contributed by atoms with E-state index in [1.807, 2.05) is 43.3 Å². The highest BCUT2D eigenvalue weighted by Gasteiger charge is 2.21. The molecule has 3 aromatic rings. The van der Waals surface area contributed by atoms with Crippen LogP contribution < -0.4 is 4.72 Å². The summed E-state index contributed by atoms with van der Waals surface area (Å²) in [5.41, 5.74) is 4.31. The number of halogens is 1. The van der Waals surface area contributed by atoms with Gasteiger partial charge in [0.05, 0.1) is 12.0 Å². The minimum Gasteiger partial charge on any atom is -0.469 e. The summed E-state index contributed by atoms with van der Waals surface area (Å²) in [6, 6.07) is 21.9. The van der Waals surface area contributed by atoms with Crippen LogP contribution in [0.4, 0.5) is 0 Å². The van der Waals surface area contributed by atoms with Crippen LogP contribution in [0.2, 0.25) is 5.02 Å². The maximum absolute atomic E-state index is 13.1. The monoisotopic (exact) mass is 499 g/mol. The first-order chi connectivity index (χ1) is 16.3. The van der Waals surface area contributed by atoms with Gasteiger partial charge in [0.2, 0.25) is 10.0 Å². The SMILES string of the molecule is COC(=O)CCCc1ccc(C(CCc2cccc(C)c2)NS(=O)(=O)c2ccc(Cl)cc2)cc1. The summed E-state index contributed by atoms with van der Waals surface area (Å²) < 4.78 is 33.8. The Morgan fingerprint density at radius 1 is 0.971 bits per heavy atom.